The van der Waals surface area contributed by atoms with Crippen LogP contribution in [0, 0.1) is 0 Å². The third kappa shape index (κ3) is 5.38. The Labute approximate surface area is 183 Å². The Morgan fingerprint density at radius 2 is 1.74 bits per heavy atom. The number of halogens is 4. The summed E-state index contributed by atoms with van der Waals surface area (Å²) < 4.78 is 70.4. The van der Waals surface area contributed by atoms with Crippen LogP contribution in [-0.4, -0.2) is 44.9 Å². The number of alkyl halides is 3. The Bertz CT molecular complexity index is 1050. The summed E-state index contributed by atoms with van der Waals surface area (Å²) in [5.74, 6) is -0.581. The normalized spacial score (nSPS) is 16.7. The van der Waals surface area contributed by atoms with Crippen LogP contribution >= 0.6 is 11.6 Å². The maximum atomic E-state index is 12.9. The van der Waals surface area contributed by atoms with Crippen LogP contribution < -0.4 is 5.32 Å². The highest BCUT2D eigenvalue weighted by atomic mass is 35.5. The lowest BCUT2D eigenvalue weighted by Gasteiger charge is -2.26. The van der Waals surface area contributed by atoms with Gasteiger partial charge in [0.1, 0.15) is 4.90 Å². The number of carbonyl (C=O) groups is 1. The van der Waals surface area contributed by atoms with Crippen molar-refractivity contribution in [1.29, 1.82) is 0 Å². The molecule has 1 heterocycles. The minimum Gasteiger partial charge on any atom is -0.379 e. The van der Waals surface area contributed by atoms with Crippen molar-refractivity contribution in [2.24, 2.45) is 0 Å². The standard InChI is InChI=1S/C20H20ClF3N2O4S/c1-13(14-2-5-16(6-3-14)20(22,23)24)25-19(27)15-4-7-17(21)18(12-15)31(28,29)26-8-10-30-11-9-26/h2-7,12-13H,8-11H2,1H3,(H,25,27). The van der Waals surface area contributed by atoms with Gasteiger partial charge >= 0.3 is 6.18 Å². The number of hydrogen-bond acceptors (Lipinski definition) is 4. The molecule has 0 aromatic heterocycles. The lowest BCUT2D eigenvalue weighted by Crippen LogP contribution is -2.40. The van der Waals surface area contributed by atoms with E-state index in [0.29, 0.717) is 5.56 Å². The third-order valence-corrected chi connectivity index (χ3v) is 7.25. The average Bonchev–Trinajstić information content (AvgIpc) is 2.74. The minimum atomic E-state index is -4.45. The topological polar surface area (TPSA) is 75.7 Å². The van der Waals surface area contributed by atoms with E-state index in [1.807, 2.05) is 0 Å². The number of hydrogen-bond donors (Lipinski definition) is 1. The summed E-state index contributed by atoms with van der Waals surface area (Å²) in [4.78, 5) is 12.5. The number of amides is 1. The van der Waals surface area contributed by atoms with Gasteiger partial charge in [-0.1, -0.05) is 23.7 Å². The average molecular weight is 477 g/mol. The summed E-state index contributed by atoms with van der Waals surface area (Å²) in [6.45, 7) is 2.51. The fourth-order valence-electron chi connectivity index (χ4n) is 3.09. The number of nitrogens with one attached hydrogen (secondary N) is 1. The molecule has 168 valence electrons. The van der Waals surface area contributed by atoms with Gasteiger partial charge in [0.05, 0.1) is 29.8 Å². The Balaban J connectivity index is 1.78. The quantitative estimate of drug-likeness (QED) is 0.710. The fraction of sp³-hybridized carbons (Fsp3) is 0.350. The molecule has 1 fully saturated rings. The number of morpholine rings is 1. The van der Waals surface area contributed by atoms with Gasteiger partial charge < -0.3 is 10.1 Å². The van der Waals surface area contributed by atoms with E-state index in [4.69, 9.17) is 16.3 Å². The van der Waals surface area contributed by atoms with E-state index in [2.05, 4.69) is 5.32 Å². The van der Waals surface area contributed by atoms with E-state index in [9.17, 15) is 26.4 Å². The summed E-state index contributed by atoms with van der Waals surface area (Å²) in [6.07, 6.45) is -4.45. The number of carbonyl (C=O) groups excluding carboxylic acids is 1. The minimum absolute atomic E-state index is 0.0150. The van der Waals surface area contributed by atoms with Gasteiger partial charge in [-0.3, -0.25) is 4.79 Å². The molecule has 1 atom stereocenters. The summed E-state index contributed by atoms with van der Waals surface area (Å²) in [6, 6.07) is 7.74. The Kier molecular flexibility index (Phi) is 6.95. The molecule has 1 amide bonds. The van der Waals surface area contributed by atoms with Crippen LogP contribution in [0.1, 0.15) is 34.5 Å². The van der Waals surface area contributed by atoms with Crippen LogP contribution in [0.15, 0.2) is 47.4 Å². The highest BCUT2D eigenvalue weighted by Gasteiger charge is 2.31. The van der Waals surface area contributed by atoms with Gasteiger partial charge in [-0.2, -0.15) is 17.5 Å². The lowest BCUT2D eigenvalue weighted by molar-refractivity contribution is -0.137. The molecule has 0 aliphatic carbocycles. The zero-order valence-electron chi connectivity index (χ0n) is 16.4. The Morgan fingerprint density at radius 1 is 1.13 bits per heavy atom. The van der Waals surface area contributed by atoms with Gasteiger partial charge in [-0.15, -0.1) is 0 Å². The Hall–Kier alpha value is -2.14. The van der Waals surface area contributed by atoms with Gasteiger partial charge in [0.15, 0.2) is 0 Å². The second-order valence-corrected chi connectivity index (χ2v) is 9.29. The monoisotopic (exact) mass is 476 g/mol. The van der Waals surface area contributed by atoms with E-state index in [0.717, 1.165) is 12.1 Å². The Morgan fingerprint density at radius 3 is 2.32 bits per heavy atom. The van der Waals surface area contributed by atoms with E-state index < -0.39 is 33.7 Å². The second kappa shape index (κ2) is 9.15. The van der Waals surface area contributed by atoms with Crippen molar-refractivity contribution in [2.75, 3.05) is 26.3 Å². The number of nitrogens with zero attached hydrogens (tertiary/aromatic N) is 1. The predicted molar refractivity (Wildman–Crippen MR) is 108 cm³/mol. The summed E-state index contributed by atoms with van der Waals surface area (Å²) in [7, 11) is -3.91. The van der Waals surface area contributed by atoms with Crippen molar-refractivity contribution >= 4 is 27.5 Å². The van der Waals surface area contributed by atoms with Crippen LogP contribution in [-0.2, 0) is 20.9 Å². The first-order valence-corrected chi connectivity index (χ1v) is 11.2. The SMILES string of the molecule is CC(NC(=O)c1ccc(Cl)c(S(=O)(=O)N2CCOCC2)c1)c1ccc(C(F)(F)F)cc1. The number of benzene rings is 2. The van der Waals surface area contributed by atoms with Crippen LogP contribution in [0.2, 0.25) is 5.02 Å². The van der Waals surface area contributed by atoms with Gasteiger partial charge in [0, 0.05) is 18.7 Å². The van der Waals surface area contributed by atoms with Crippen LogP contribution in [0.3, 0.4) is 0 Å². The molecular formula is C20H20ClF3N2O4S. The first-order valence-electron chi connectivity index (χ1n) is 9.35. The fourth-order valence-corrected chi connectivity index (χ4v) is 5.00. The largest absolute Gasteiger partial charge is 0.416 e. The maximum absolute atomic E-state index is 12.9. The van der Waals surface area contributed by atoms with E-state index in [1.165, 1.54) is 34.6 Å². The summed E-state index contributed by atoms with van der Waals surface area (Å²) >= 11 is 6.10. The van der Waals surface area contributed by atoms with Crippen molar-refractivity contribution in [3.8, 4) is 0 Å². The molecule has 0 saturated carbocycles. The van der Waals surface area contributed by atoms with Crippen LogP contribution in [0.25, 0.3) is 0 Å². The molecule has 1 N–H and O–H groups in total. The van der Waals surface area contributed by atoms with Crippen molar-refractivity contribution in [1.82, 2.24) is 9.62 Å². The van der Waals surface area contributed by atoms with E-state index in [1.54, 1.807) is 6.92 Å². The number of rotatable bonds is 5. The zero-order valence-corrected chi connectivity index (χ0v) is 18.0. The molecule has 1 unspecified atom stereocenters. The lowest BCUT2D eigenvalue weighted by atomic mass is 10.1. The van der Waals surface area contributed by atoms with Crippen molar-refractivity contribution < 1.29 is 31.1 Å². The third-order valence-electron chi connectivity index (χ3n) is 4.87. The summed E-state index contributed by atoms with van der Waals surface area (Å²) in [5.41, 5.74) is -0.253. The summed E-state index contributed by atoms with van der Waals surface area (Å²) in [5, 5.41) is 2.64. The molecule has 1 aliphatic rings. The highest BCUT2D eigenvalue weighted by Crippen LogP contribution is 2.30. The highest BCUT2D eigenvalue weighted by molar-refractivity contribution is 7.89. The number of ether oxygens (including phenoxy) is 1. The molecule has 31 heavy (non-hydrogen) atoms. The predicted octanol–water partition coefficient (Wildman–Crippen LogP) is 3.87. The van der Waals surface area contributed by atoms with Crippen LogP contribution in [0.4, 0.5) is 13.2 Å². The van der Waals surface area contributed by atoms with Gasteiger partial charge in [-0.05, 0) is 42.8 Å². The second-order valence-electron chi connectivity index (χ2n) is 6.98. The van der Waals surface area contributed by atoms with Crippen LogP contribution in [0.5, 0.6) is 0 Å². The molecule has 0 spiro atoms. The van der Waals surface area contributed by atoms with Gasteiger partial charge in [0.2, 0.25) is 10.0 Å². The molecule has 11 heteroatoms. The molecule has 1 aliphatic heterocycles. The zero-order chi connectivity index (χ0) is 22.8. The van der Waals surface area contributed by atoms with Crippen molar-refractivity contribution in [3.05, 3.63) is 64.2 Å². The molecule has 0 radical (unpaired) electrons. The molecule has 3 rings (SSSR count). The molecule has 0 bridgehead atoms. The molecule has 1 saturated heterocycles. The maximum Gasteiger partial charge on any atom is 0.416 e. The van der Waals surface area contributed by atoms with Gasteiger partial charge in [-0.25, -0.2) is 8.42 Å². The van der Waals surface area contributed by atoms with E-state index >= 15 is 0 Å². The molecule has 6 nitrogen and oxygen atoms in total. The number of sulfonamides is 1. The van der Waals surface area contributed by atoms with Gasteiger partial charge in [0.25, 0.3) is 5.91 Å². The van der Waals surface area contributed by atoms with Crippen molar-refractivity contribution in [2.45, 2.75) is 24.0 Å². The smallest absolute Gasteiger partial charge is 0.379 e. The first-order chi connectivity index (χ1) is 14.5. The van der Waals surface area contributed by atoms with Crippen molar-refractivity contribution in [3.63, 3.8) is 0 Å². The van der Waals surface area contributed by atoms with E-state index in [-0.39, 0.29) is 41.8 Å². The molecular weight excluding hydrogens is 457 g/mol. The molecule has 2 aromatic carbocycles. The molecule has 2 aromatic rings. The first kappa shape index (κ1) is 23.5.